The molecule has 0 amide bonds. The van der Waals surface area contributed by atoms with Gasteiger partial charge in [-0.1, -0.05) is 11.6 Å². The standard InChI is InChI=1S/C9H8ClIO2/c1-5(12)7-3-6(10)4-8(11)9(7)13-2/h3-4H,1-2H3. The van der Waals surface area contributed by atoms with Crippen LogP contribution in [0.25, 0.3) is 0 Å². The predicted molar refractivity (Wildman–Crippen MR) is 60.7 cm³/mol. The number of methoxy groups -OCH3 is 1. The smallest absolute Gasteiger partial charge is 0.163 e. The van der Waals surface area contributed by atoms with E-state index in [1.807, 2.05) is 0 Å². The Kier molecular flexibility index (Phi) is 3.55. The second-order valence-electron chi connectivity index (χ2n) is 2.52. The molecule has 0 saturated carbocycles. The molecule has 0 unspecified atom stereocenters. The normalized spacial score (nSPS) is 9.85. The number of ether oxygens (including phenoxy) is 1. The van der Waals surface area contributed by atoms with Crippen LogP contribution in [0.15, 0.2) is 12.1 Å². The first-order valence-corrected chi connectivity index (χ1v) is 5.06. The summed E-state index contributed by atoms with van der Waals surface area (Å²) in [7, 11) is 1.54. The van der Waals surface area contributed by atoms with Crippen LogP contribution in [-0.4, -0.2) is 12.9 Å². The molecule has 1 rings (SSSR count). The fourth-order valence-corrected chi connectivity index (χ4v) is 2.28. The quantitative estimate of drug-likeness (QED) is 0.619. The molecule has 0 radical (unpaired) electrons. The second kappa shape index (κ2) is 4.28. The van der Waals surface area contributed by atoms with Crippen LogP contribution in [-0.2, 0) is 0 Å². The summed E-state index contributed by atoms with van der Waals surface area (Å²) in [6, 6.07) is 3.37. The molecule has 0 fully saturated rings. The number of carbonyl (C=O) groups excluding carboxylic acids is 1. The van der Waals surface area contributed by atoms with E-state index in [-0.39, 0.29) is 5.78 Å². The van der Waals surface area contributed by atoms with E-state index >= 15 is 0 Å². The van der Waals surface area contributed by atoms with Crippen LogP contribution in [0.5, 0.6) is 5.75 Å². The van der Waals surface area contributed by atoms with Crippen molar-refractivity contribution in [3.63, 3.8) is 0 Å². The van der Waals surface area contributed by atoms with Gasteiger partial charge >= 0.3 is 0 Å². The van der Waals surface area contributed by atoms with Gasteiger partial charge in [0.25, 0.3) is 0 Å². The van der Waals surface area contributed by atoms with Gasteiger partial charge in [-0.3, -0.25) is 4.79 Å². The monoisotopic (exact) mass is 310 g/mol. The lowest BCUT2D eigenvalue weighted by atomic mass is 10.1. The molecule has 0 aliphatic rings. The van der Waals surface area contributed by atoms with Crippen LogP contribution < -0.4 is 4.74 Å². The highest BCUT2D eigenvalue weighted by molar-refractivity contribution is 14.1. The summed E-state index contributed by atoms with van der Waals surface area (Å²) < 4.78 is 5.95. The Hall–Kier alpha value is -0.290. The number of hydrogen-bond donors (Lipinski definition) is 0. The highest BCUT2D eigenvalue weighted by atomic mass is 127. The molecule has 0 heterocycles. The molecule has 0 N–H and O–H groups in total. The molecule has 0 aromatic heterocycles. The van der Waals surface area contributed by atoms with Gasteiger partial charge in [-0.05, 0) is 41.6 Å². The van der Waals surface area contributed by atoms with E-state index in [2.05, 4.69) is 22.6 Å². The highest BCUT2D eigenvalue weighted by Crippen LogP contribution is 2.29. The van der Waals surface area contributed by atoms with Crippen LogP contribution in [0.4, 0.5) is 0 Å². The number of benzene rings is 1. The zero-order chi connectivity index (χ0) is 10.0. The molecule has 0 aliphatic carbocycles. The van der Waals surface area contributed by atoms with E-state index in [1.165, 1.54) is 14.0 Å². The minimum atomic E-state index is -0.0442. The summed E-state index contributed by atoms with van der Waals surface area (Å²) in [6.07, 6.45) is 0. The summed E-state index contributed by atoms with van der Waals surface area (Å²) in [5.41, 5.74) is 0.527. The molecule has 0 bridgehead atoms. The van der Waals surface area contributed by atoms with Gasteiger partial charge < -0.3 is 4.74 Å². The lowest BCUT2D eigenvalue weighted by Gasteiger charge is -2.08. The van der Waals surface area contributed by atoms with Gasteiger partial charge in [0.05, 0.1) is 16.2 Å². The Morgan fingerprint density at radius 1 is 1.54 bits per heavy atom. The molecular weight excluding hydrogens is 302 g/mol. The topological polar surface area (TPSA) is 26.3 Å². The third kappa shape index (κ3) is 2.34. The van der Waals surface area contributed by atoms with Gasteiger partial charge in [0, 0.05) is 5.02 Å². The Bertz CT molecular complexity index is 350. The summed E-state index contributed by atoms with van der Waals surface area (Å²) in [5.74, 6) is 0.551. The summed E-state index contributed by atoms with van der Waals surface area (Å²) in [4.78, 5) is 11.2. The summed E-state index contributed by atoms with van der Waals surface area (Å²) in [6.45, 7) is 1.49. The van der Waals surface area contributed by atoms with E-state index in [0.29, 0.717) is 16.3 Å². The van der Waals surface area contributed by atoms with Gasteiger partial charge in [-0.15, -0.1) is 0 Å². The Morgan fingerprint density at radius 3 is 2.62 bits per heavy atom. The molecule has 1 aromatic carbocycles. The Morgan fingerprint density at radius 2 is 2.15 bits per heavy atom. The van der Waals surface area contributed by atoms with Crippen molar-refractivity contribution in [2.24, 2.45) is 0 Å². The molecule has 13 heavy (non-hydrogen) atoms. The van der Waals surface area contributed by atoms with Crippen molar-refractivity contribution in [2.75, 3.05) is 7.11 Å². The zero-order valence-corrected chi connectivity index (χ0v) is 10.1. The first-order chi connectivity index (χ1) is 6.06. The van der Waals surface area contributed by atoms with Crippen LogP contribution >= 0.6 is 34.2 Å². The number of ketones is 1. The van der Waals surface area contributed by atoms with Gasteiger partial charge in [0.1, 0.15) is 5.75 Å². The number of Topliss-reactive ketones (excluding diaryl/α,β-unsaturated/α-hetero) is 1. The largest absolute Gasteiger partial charge is 0.495 e. The second-order valence-corrected chi connectivity index (χ2v) is 4.12. The molecule has 4 heteroatoms. The lowest BCUT2D eigenvalue weighted by Crippen LogP contribution is -1.99. The van der Waals surface area contributed by atoms with Crippen LogP contribution in [0.1, 0.15) is 17.3 Å². The molecule has 0 aliphatic heterocycles. The molecule has 0 spiro atoms. The Labute approximate surface area is 95.4 Å². The summed E-state index contributed by atoms with van der Waals surface area (Å²) >= 11 is 7.89. The molecular formula is C9H8ClIO2. The zero-order valence-electron chi connectivity index (χ0n) is 7.23. The molecule has 2 nitrogen and oxygen atoms in total. The van der Waals surface area contributed by atoms with E-state index in [4.69, 9.17) is 16.3 Å². The van der Waals surface area contributed by atoms with Crippen LogP contribution in [0.2, 0.25) is 5.02 Å². The van der Waals surface area contributed by atoms with Crippen molar-refractivity contribution in [3.8, 4) is 5.75 Å². The van der Waals surface area contributed by atoms with E-state index < -0.39 is 0 Å². The average Bonchev–Trinajstić information content (AvgIpc) is 2.02. The first-order valence-electron chi connectivity index (χ1n) is 3.60. The number of hydrogen-bond acceptors (Lipinski definition) is 2. The number of carbonyl (C=O) groups is 1. The maximum Gasteiger partial charge on any atom is 0.163 e. The van der Waals surface area contributed by atoms with Gasteiger partial charge in [0.2, 0.25) is 0 Å². The molecule has 70 valence electrons. The predicted octanol–water partition coefficient (Wildman–Crippen LogP) is 3.16. The number of rotatable bonds is 2. The number of halogens is 2. The maximum absolute atomic E-state index is 11.2. The average molecular weight is 311 g/mol. The van der Waals surface area contributed by atoms with Gasteiger partial charge in [-0.25, -0.2) is 0 Å². The van der Waals surface area contributed by atoms with Crippen LogP contribution in [0, 0.1) is 3.57 Å². The van der Waals surface area contributed by atoms with Crippen molar-refractivity contribution in [2.45, 2.75) is 6.92 Å². The molecule has 1 aromatic rings. The fraction of sp³-hybridized carbons (Fsp3) is 0.222. The van der Waals surface area contributed by atoms with Crippen molar-refractivity contribution in [1.29, 1.82) is 0 Å². The van der Waals surface area contributed by atoms with Crippen LogP contribution in [0.3, 0.4) is 0 Å². The van der Waals surface area contributed by atoms with Gasteiger partial charge in [-0.2, -0.15) is 0 Å². The van der Waals surface area contributed by atoms with Gasteiger partial charge in [0.15, 0.2) is 5.78 Å². The minimum absolute atomic E-state index is 0.0442. The lowest BCUT2D eigenvalue weighted by molar-refractivity contribution is 0.101. The Balaban J connectivity index is 3.38. The third-order valence-corrected chi connectivity index (χ3v) is 2.61. The molecule has 0 saturated heterocycles. The third-order valence-electron chi connectivity index (χ3n) is 1.59. The SMILES string of the molecule is COc1c(I)cc(Cl)cc1C(C)=O. The fourth-order valence-electron chi connectivity index (χ4n) is 1.03. The minimum Gasteiger partial charge on any atom is -0.495 e. The first kappa shape index (κ1) is 10.8. The van der Waals surface area contributed by atoms with Crippen molar-refractivity contribution < 1.29 is 9.53 Å². The van der Waals surface area contributed by atoms with E-state index in [0.717, 1.165) is 3.57 Å². The van der Waals surface area contributed by atoms with Crippen molar-refractivity contribution in [3.05, 3.63) is 26.3 Å². The maximum atomic E-state index is 11.2. The van der Waals surface area contributed by atoms with E-state index in [1.54, 1.807) is 12.1 Å². The highest BCUT2D eigenvalue weighted by Gasteiger charge is 2.12. The summed E-state index contributed by atoms with van der Waals surface area (Å²) in [5, 5.41) is 0.551. The van der Waals surface area contributed by atoms with Crippen molar-refractivity contribution >= 4 is 40.0 Å². The molecule has 0 atom stereocenters. The van der Waals surface area contributed by atoms with E-state index in [9.17, 15) is 4.79 Å². The van der Waals surface area contributed by atoms with Crippen molar-refractivity contribution in [1.82, 2.24) is 0 Å².